The van der Waals surface area contributed by atoms with Crippen LogP contribution in [0.4, 0.5) is 0 Å². The van der Waals surface area contributed by atoms with Crippen molar-refractivity contribution in [2.45, 2.75) is 66.5 Å². The second-order valence-corrected chi connectivity index (χ2v) is 7.04. The van der Waals surface area contributed by atoms with E-state index in [1.807, 2.05) is 26.0 Å². The van der Waals surface area contributed by atoms with Crippen molar-refractivity contribution >= 4 is 18.3 Å². The van der Waals surface area contributed by atoms with E-state index < -0.39 is 0 Å². The number of benzene rings is 1. The van der Waals surface area contributed by atoms with E-state index in [1.165, 1.54) is 11.1 Å². The molecule has 0 bridgehead atoms. The quantitative estimate of drug-likeness (QED) is 0.264. The summed E-state index contributed by atoms with van der Waals surface area (Å²) >= 11 is 0. The molecule has 0 aliphatic carbocycles. The van der Waals surface area contributed by atoms with Gasteiger partial charge in [-0.3, -0.25) is 4.79 Å². The fraction of sp³-hybridized carbons (Fsp3) is 0.560. The Labute approximate surface area is 201 Å². The number of allylic oxidation sites excluding steroid dienone is 2. The fourth-order valence-corrected chi connectivity index (χ4v) is 2.66. The molecule has 0 aromatic heterocycles. The van der Waals surface area contributed by atoms with Gasteiger partial charge in [-0.05, 0) is 51.8 Å². The molecule has 31 heavy (non-hydrogen) atoms. The molecule has 0 spiro atoms. The summed E-state index contributed by atoms with van der Waals surface area (Å²) in [5, 5.41) is 9.41. The summed E-state index contributed by atoms with van der Waals surface area (Å²) in [6.07, 6.45) is 8.33. The predicted octanol–water partition coefficient (Wildman–Crippen LogP) is 5.64. The number of likely N-dealkylation sites (N-methyl/N-ethyl adjacent to an activating group) is 1. The Morgan fingerprint density at radius 2 is 1.81 bits per heavy atom. The minimum Gasteiger partial charge on any atom is -0.386 e. The number of hydrogen-bond acceptors (Lipinski definition) is 4. The number of carbonyl (C=O) groups excluding carboxylic acids is 1. The average molecular weight is 460 g/mol. The number of hydrogen-bond donors (Lipinski definition) is 3. The smallest absolute Gasteiger partial charge is 0.249 e. The normalized spacial score (nSPS) is 11.9. The Bertz CT molecular complexity index is 630. The van der Waals surface area contributed by atoms with Crippen molar-refractivity contribution in [1.82, 2.24) is 16.0 Å². The molecule has 0 heterocycles. The fourth-order valence-electron chi connectivity index (χ4n) is 2.66. The SMILES string of the molecule is C/C=C(\C=C/CCNC(=O)[C@@H](CCC)OC)NCC.CCNCc1ccc(C)cc1.Cl.[HH].[HH].[HH]. The highest BCUT2D eigenvalue weighted by Crippen LogP contribution is 2.02. The second-order valence-electron chi connectivity index (χ2n) is 7.04. The monoisotopic (exact) mass is 459 g/mol. The van der Waals surface area contributed by atoms with Gasteiger partial charge in [-0.25, -0.2) is 0 Å². The molecule has 184 valence electrons. The average Bonchev–Trinajstić information content (AvgIpc) is 2.76. The van der Waals surface area contributed by atoms with Crippen LogP contribution in [-0.4, -0.2) is 38.8 Å². The number of ether oxygens (including phenoxy) is 1. The molecule has 0 unspecified atom stereocenters. The van der Waals surface area contributed by atoms with Crippen LogP contribution in [0.25, 0.3) is 0 Å². The van der Waals surface area contributed by atoms with Gasteiger partial charge >= 0.3 is 0 Å². The molecule has 6 heteroatoms. The van der Waals surface area contributed by atoms with Crippen LogP contribution in [0.5, 0.6) is 0 Å². The minimum atomic E-state index is -0.318. The van der Waals surface area contributed by atoms with Crippen LogP contribution in [0.1, 0.15) is 62.4 Å². The van der Waals surface area contributed by atoms with Gasteiger partial charge < -0.3 is 20.7 Å². The number of rotatable bonds is 13. The first-order valence-electron chi connectivity index (χ1n) is 11.2. The summed E-state index contributed by atoms with van der Waals surface area (Å²) in [6, 6.07) is 8.62. The molecule has 0 fully saturated rings. The Morgan fingerprint density at radius 3 is 2.32 bits per heavy atom. The molecule has 1 amide bonds. The van der Waals surface area contributed by atoms with E-state index >= 15 is 0 Å². The Kier molecular flexibility index (Phi) is 21.7. The van der Waals surface area contributed by atoms with Crippen LogP contribution in [0, 0.1) is 6.92 Å². The number of carbonyl (C=O) groups is 1. The second kappa shape index (κ2) is 21.4. The van der Waals surface area contributed by atoms with E-state index in [4.69, 9.17) is 4.74 Å². The van der Waals surface area contributed by atoms with Gasteiger partial charge in [0.05, 0.1) is 0 Å². The van der Waals surface area contributed by atoms with Crippen molar-refractivity contribution in [1.29, 1.82) is 0 Å². The van der Waals surface area contributed by atoms with Crippen LogP contribution in [0.3, 0.4) is 0 Å². The van der Waals surface area contributed by atoms with E-state index in [0.717, 1.165) is 44.6 Å². The van der Waals surface area contributed by atoms with Gasteiger partial charge in [0.15, 0.2) is 0 Å². The maximum atomic E-state index is 11.7. The lowest BCUT2D eigenvalue weighted by molar-refractivity contribution is -0.131. The molecule has 1 atom stereocenters. The maximum absolute atomic E-state index is 11.7. The number of methoxy groups -OCH3 is 1. The van der Waals surface area contributed by atoms with Crippen LogP contribution < -0.4 is 16.0 Å². The van der Waals surface area contributed by atoms with Gasteiger partial charge in [0.1, 0.15) is 6.10 Å². The standard InChI is InChI=1S/C15H28N2O2.C10H15N.ClH.3H2/c1-5-10-14(19-4)15(18)17-12-9-8-11-13(6-2)16-7-3;1-3-11-8-10-6-4-9(2)5-7-10;;;;/h6,8,11,14,16H,5,7,9-10,12H2,1-4H3,(H,17,18);4-7,11H,3,8H2,1-2H3;4*1H/b11-8-,13-6+;;;;;/t14-;;;;;/m1...../s1. The Balaban J connectivity index is -0.000000162. The van der Waals surface area contributed by atoms with Crippen molar-refractivity contribution in [3.05, 3.63) is 59.3 Å². The van der Waals surface area contributed by atoms with Crippen LogP contribution in [0.2, 0.25) is 0 Å². The van der Waals surface area contributed by atoms with Crippen molar-refractivity contribution in [2.24, 2.45) is 0 Å². The molecule has 0 radical (unpaired) electrons. The van der Waals surface area contributed by atoms with E-state index in [1.54, 1.807) is 7.11 Å². The third-order valence-electron chi connectivity index (χ3n) is 4.43. The summed E-state index contributed by atoms with van der Waals surface area (Å²) in [4.78, 5) is 11.7. The lowest BCUT2D eigenvalue weighted by Crippen LogP contribution is -2.36. The number of nitrogens with one attached hydrogen (secondary N) is 3. The van der Waals surface area contributed by atoms with Crippen molar-refractivity contribution in [2.75, 3.05) is 26.7 Å². The number of halogens is 1. The third-order valence-corrected chi connectivity index (χ3v) is 4.43. The first kappa shape index (κ1) is 31.4. The summed E-state index contributed by atoms with van der Waals surface area (Å²) in [7, 11) is 1.58. The van der Waals surface area contributed by atoms with E-state index in [0.29, 0.717) is 6.54 Å². The molecule has 0 saturated carbocycles. The van der Waals surface area contributed by atoms with Gasteiger partial charge in [0, 0.05) is 36.7 Å². The van der Waals surface area contributed by atoms with Gasteiger partial charge in [-0.2, -0.15) is 0 Å². The zero-order valence-corrected chi connectivity index (χ0v) is 21.1. The molecule has 0 aliphatic heterocycles. The topological polar surface area (TPSA) is 62.4 Å². The predicted molar refractivity (Wildman–Crippen MR) is 142 cm³/mol. The molecular weight excluding hydrogens is 410 g/mol. The summed E-state index contributed by atoms with van der Waals surface area (Å²) < 4.78 is 5.15. The third kappa shape index (κ3) is 16.5. The highest BCUT2D eigenvalue weighted by molar-refractivity contribution is 5.85. The Hall–Kier alpha value is -1.82. The lowest BCUT2D eigenvalue weighted by Gasteiger charge is -2.13. The van der Waals surface area contributed by atoms with Gasteiger partial charge in [-0.1, -0.05) is 62.2 Å². The molecule has 5 nitrogen and oxygen atoms in total. The summed E-state index contributed by atoms with van der Waals surface area (Å²) in [5.74, 6) is -0.0179. The van der Waals surface area contributed by atoms with Crippen molar-refractivity contribution in [3.63, 3.8) is 0 Å². The Morgan fingerprint density at radius 1 is 1.13 bits per heavy atom. The van der Waals surface area contributed by atoms with E-state index in [2.05, 4.69) is 67.1 Å². The molecule has 1 rings (SSSR count). The lowest BCUT2D eigenvalue weighted by atomic mass is 10.1. The summed E-state index contributed by atoms with van der Waals surface area (Å²) in [5.41, 5.74) is 3.79. The summed E-state index contributed by atoms with van der Waals surface area (Å²) in [6.45, 7) is 13.9. The minimum absolute atomic E-state index is 0. The number of amides is 1. The highest BCUT2D eigenvalue weighted by Gasteiger charge is 2.15. The van der Waals surface area contributed by atoms with Crippen LogP contribution >= 0.6 is 12.4 Å². The largest absolute Gasteiger partial charge is 0.386 e. The molecule has 3 N–H and O–H groups in total. The van der Waals surface area contributed by atoms with Gasteiger partial charge in [0.2, 0.25) is 5.91 Å². The van der Waals surface area contributed by atoms with E-state index in [-0.39, 0.29) is 28.7 Å². The molecule has 1 aromatic carbocycles. The van der Waals surface area contributed by atoms with E-state index in [9.17, 15) is 4.79 Å². The molecule has 1 aromatic rings. The molecular formula is C25H50ClN3O2. The van der Waals surface area contributed by atoms with Crippen LogP contribution in [0.15, 0.2) is 48.2 Å². The first-order valence-corrected chi connectivity index (χ1v) is 11.2. The first-order chi connectivity index (χ1) is 14.5. The molecule has 0 aliphatic rings. The van der Waals surface area contributed by atoms with Crippen molar-refractivity contribution < 1.29 is 13.8 Å². The van der Waals surface area contributed by atoms with Crippen LogP contribution in [-0.2, 0) is 16.1 Å². The maximum Gasteiger partial charge on any atom is 0.249 e. The van der Waals surface area contributed by atoms with Crippen molar-refractivity contribution in [3.8, 4) is 0 Å². The zero-order chi connectivity index (χ0) is 22.6. The number of aryl methyl sites for hydroxylation is 1. The zero-order valence-electron chi connectivity index (χ0n) is 20.3. The molecule has 0 saturated heterocycles. The van der Waals surface area contributed by atoms with Gasteiger partial charge in [-0.15, -0.1) is 12.4 Å². The highest BCUT2D eigenvalue weighted by atomic mass is 35.5. The van der Waals surface area contributed by atoms with Gasteiger partial charge in [0.25, 0.3) is 0 Å².